The van der Waals surface area contributed by atoms with E-state index < -0.39 is 11.1 Å². The Bertz CT molecular complexity index is 687. The second-order valence-electron chi connectivity index (χ2n) is 7.32. The van der Waals surface area contributed by atoms with E-state index in [1.807, 2.05) is 0 Å². The first kappa shape index (κ1) is 23.2. The zero-order chi connectivity index (χ0) is 21.6. The molecule has 0 aliphatic carbocycles. The zero-order valence-electron chi connectivity index (χ0n) is 16.8. The number of carbonyl (C=O) groups is 1. The molecule has 0 saturated carbocycles. The van der Waals surface area contributed by atoms with Crippen molar-refractivity contribution in [1.82, 2.24) is 4.31 Å². The molecule has 0 aromatic heterocycles. The van der Waals surface area contributed by atoms with Crippen LogP contribution in [-0.4, -0.2) is 60.9 Å². The lowest BCUT2D eigenvalue weighted by Crippen LogP contribution is -2.46. The summed E-state index contributed by atoms with van der Waals surface area (Å²) in [5.74, 6) is -0.448. The maximum absolute atomic E-state index is 12.4. The third-order valence-corrected chi connectivity index (χ3v) is 6.75. The number of carbonyl (C=O) groups excluding carboxylic acids is 1. The van der Waals surface area contributed by atoms with E-state index in [-0.39, 0.29) is 17.8 Å². The molecule has 10 heteroatoms. The van der Waals surface area contributed by atoms with Crippen LogP contribution < -0.4 is 4.74 Å². The quantitative estimate of drug-likeness (QED) is 0.462. The summed E-state index contributed by atoms with van der Waals surface area (Å²) in [6.45, 7) is 3.00. The predicted molar refractivity (Wildman–Crippen MR) is 105 cm³/mol. The van der Waals surface area contributed by atoms with Crippen LogP contribution in [0, 0.1) is 0 Å². The van der Waals surface area contributed by atoms with Gasteiger partial charge in [-0.1, -0.05) is 24.1 Å². The molecule has 0 N–H and O–H groups in total. The molecule has 2 aliphatic rings. The van der Waals surface area contributed by atoms with Gasteiger partial charge < -0.3 is 18.9 Å². The smallest absolute Gasteiger partial charge is 0.468 e. The van der Waals surface area contributed by atoms with E-state index >= 15 is 0 Å². The number of alkyl halides is 3. The van der Waals surface area contributed by atoms with Gasteiger partial charge in [0.2, 0.25) is 0 Å². The summed E-state index contributed by atoms with van der Waals surface area (Å²) >= 11 is 1.56. The van der Waals surface area contributed by atoms with Crippen molar-refractivity contribution >= 4 is 17.9 Å². The van der Waals surface area contributed by atoms with Crippen molar-refractivity contribution in [2.24, 2.45) is 0 Å². The van der Waals surface area contributed by atoms with Crippen LogP contribution in [0.5, 0.6) is 5.75 Å². The van der Waals surface area contributed by atoms with Gasteiger partial charge in [0, 0.05) is 26.3 Å². The van der Waals surface area contributed by atoms with E-state index in [2.05, 4.69) is 9.04 Å². The van der Waals surface area contributed by atoms with Gasteiger partial charge in [0.1, 0.15) is 10.5 Å². The van der Waals surface area contributed by atoms with E-state index in [1.165, 1.54) is 19.2 Å². The van der Waals surface area contributed by atoms with Crippen LogP contribution in [0.4, 0.5) is 13.2 Å². The fourth-order valence-electron chi connectivity index (χ4n) is 3.56. The highest BCUT2D eigenvalue weighted by atomic mass is 32.2. The summed E-state index contributed by atoms with van der Waals surface area (Å²) in [4.78, 5) is 12.4. The second-order valence-corrected chi connectivity index (χ2v) is 8.80. The zero-order valence-corrected chi connectivity index (χ0v) is 17.6. The molecule has 168 valence electrons. The molecule has 2 fully saturated rings. The number of hydrogen-bond donors (Lipinski definition) is 0. The Kier molecular flexibility index (Phi) is 7.89. The fourth-order valence-corrected chi connectivity index (χ4v) is 4.95. The van der Waals surface area contributed by atoms with Gasteiger partial charge in [-0.15, -0.1) is 13.2 Å². The van der Waals surface area contributed by atoms with E-state index in [9.17, 15) is 18.0 Å². The average molecular weight is 449 g/mol. The van der Waals surface area contributed by atoms with Gasteiger partial charge in [-0.3, -0.25) is 4.79 Å². The first-order valence-electron chi connectivity index (χ1n) is 9.86. The molecule has 30 heavy (non-hydrogen) atoms. The van der Waals surface area contributed by atoms with Crippen LogP contribution in [0.25, 0.3) is 0 Å². The van der Waals surface area contributed by atoms with Crippen molar-refractivity contribution in [2.75, 3.05) is 33.4 Å². The average Bonchev–Trinajstić information content (AvgIpc) is 2.73. The van der Waals surface area contributed by atoms with Crippen LogP contribution >= 0.6 is 11.9 Å². The van der Waals surface area contributed by atoms with Gasteiger partial charge in [-0.25, -0.2) is 4.31 Å². The van der Waals surface area contributed by atoms with E-state index in [0.717, 1.165) is 31.5 Å². The van der Waals surface area contributed by atoms with Gasteiger partial charge in [0.15, 0.2) is 0 Å². The molecule has 2 aliphatic heterocycles. The maximum atomic E-state index is 12.4. The third-order valence-electron chi connectivity index (χ3n) is 5.21. The van der Waals surface area contributed by atoms with Crippen LogP contribution in [-0.2, 0) is 25.6 Å². The second kappa shape index (κ2) is 10.2. The lowest BCUT2D eigenvalue weighted by Gasteiger charge is -2.39. The normalized spacial score (nSPS) is 20.7. The molecule has 2 heterocycles. The first-order chi connectivity index (χ1) is 14.3. The summed E-state index contributed by atoms with van der Waals surface area (Å²) in [5.41, 5.74) is 0.785. The van der Waals surface area contributed by atoms with E-state index in [1.54, 1.807) is 24.1 Å². The lowest BCUT2D eigenvalue weighted by molar-refractivity contribution is -0.274. The number of methoxy groups -OCH3 is 1. The molecule has 6 nitrogen and oxygen atoms in total. The monoisotopic (exact) mass is 449 g/mol. The van der Waals surface area contributed by atoms with Crippen LogP contribution in [0.1, 0.15) is 31.2 Å². The largest absolute Gasteiger partial charge is 0.573 e. The summed E-state index contributed by atoms with van der Waals surface area (Å²) in [5, 5.41) is 0. The van der Waals surface area contributed by atoms with Crippen LogP contribution in [0.3, 0.4) is 0 Å². The maximum Gasteiger partial charge on any atom is 0.573 e. The third kappa shape index (κ3) is 6.50. The number of rotatable bonds is 7. The summed E-state index contributed by atoms with van der Waals surface area (Å²) in [6, 6.07) is 5.70. The van der Waals surface area contributed by atoms with Gasteiger partial charge in [-0.2, -0.15) is 0 Å². The molecule has 0 radical (unpaired) electrons. The number of esters is 1. The van der Waals surface area contributed by atoms with Gasteiger partial charge in [-0.05, 0) is 43.4 Å². The Morgan fingerprint density at radius 2 is 1.83 bits per heavy atom. The molecule has 0 amide bonds. The molecule has 0 bridgehead atoms. The molecule has 1 aromatic rings. The number of ether oxygens (including phenoxy) is 4. The molecule has 3 rings (SSSR count). The predicted octanol–water partition coefficient (Wildman–Crippen LogP) is 3.94. The molecule has 1 aromatic carbocycles. The molecule has 2 saturated heterocycles. The SMILES string of the molecule is COC(=O)C1(SN2CCC(OCc3ccc(OC(F)(F)F)cc3)CC2)CCOCC1. The minimum Gasteiger partial charge on any atom is -0.468 e. The van der Waals surface area contributed by atoms with Crippen molar-refractivity contribution < 1.29 is 36.9 Å². The molecular weight excluding hydrogens is 423 g/mol. The first-order valence-corrected chi connectivity index (χ1v) is 10.6. The Morgan fingerprint density at radius 3 is 2.40 bits per heavy atom. The van der Waals surface area contributed by atoms with E-state index in [4.69, 9.17) is 14.2 Å². The number of benzene rings is 1. The number of nitrogens with zero attached hydrogens (tertiary/aromatic N) is 1. The van der Waals surface area contributed by atoms with Crippen molar-refractivity contribution in [3.05, 3.63) is 29.8 Å². The van der Waals surface area contributed by atoms with Crippen LogP contribution in [0.15, 0.2) is 24.3 Å². The highest BCUT2D eigenvalue weighted by Gasteiger charge is 2.44. The highest BCUT2D eigenvalue weighted by molar-refractivity contribution is 7.99. The van der Waals surface area contributed by atoms with Crippen molar-refractivity contribution in [1.29, 1.82) is 0 Å². The van der Waals surface area contributed by atoms with Crippen molar-refractivity contribution in [2.45, 2.75) is 49.5 Å². The Hall–Kier alpha value is -1.49. The van der Waals surface area contributed by atoms with Gasteiger partial charge >= 0.3 is 12.3 Å². The Balaban J connectivity index is 1.44. The van der Waals surface area contributed by atoms with Crippen molar-refractivity contribution in [3.8, 4) is 5.75 Å². The molecule has 0 atom stereocenters. The minimum absolute atomic E-state index is 0.0664. The molecule has 0 unspecified atom stereocenters. The Labute approximate surface area is 178 Å². The van der Waals surface area contributed by atoms with Crippen molar-refractivity contribution in [3.63, 3.8) is 0 Å². The minimum atomic E-state index is -4.69. The summed E-state index contributed by atoms with van der Waals surface area (Å²) in [6.07, 6.45) is -1.73. The standard InChI is InChI=1S/C20H26F3NO5S/c1-26-18(25)19(8-12-27-13-9-19)30-24-10-6-16(7-11-24)28-14-15-2-4-17(5-3-15)29-20(21,22)23/h2-5,16H,6-14H2,1H3. The topological polar surface area (TPSA) is 57.2 Å². The van der Waals surface area contributed by atoms with Gasteiger partial charge in [0.05, 0.1) is 19.8 Å². The summed E-state index contributed by atoms with van der Waals surface area (Å²) in [7, 11) is 1.42. The van der Waals surface area contributed by atoms with E-state index in [0.29, 0.717) is 32.7 Å². The van der Waals surface area contributed by atoms with Gasteiger partial charge in [0.25, 0.3) is 0 Å². The molecular formula is C20H26F3NO5S. The van der Waals surface area contributed by atoms with Crippen LogP contribution in [0.2, 0.25) is 0 Å². The molecule has 0 spiro atoms. The highest BCUT2D eigenvalue weighted by Crippen LogP contribution is 2.40. The fraction of sp³-hybridized carbons (Fsp3) is 0.650. The Morgan fingerprint density at radius 1 is 1.20 bits per heavy atom. The number of piperidine rings is 1. The number of halogens is 3. The number of hydrogen-bond acceptors (Lipinski definition) is 7. The summed E-state index contributed by atoms with van der Waals surface area (Å²) < 4.78 is 58.5. The lowest BCUT2D eigenvalue weighted by atomic mass is 9.99.